The molecule has 1 aromatic rings. The zero-order chi connectivity index (χ0) is 17.1. The fourth-order valence-corrected chi connectivity index (χ4v) is 5.31. The van der Waals surface area contributed by atoms with Crippen LogP contribution in [0, 0.1) is 34.6 Å². The molecule has 0 heterocycles. The van der Waals surface area contributed by atoms with E-state index in [1.807, 2.05) is 40.9 Å². The summed E-state index contributed by atoms with van der Waals surface area (Å²) < 4.78 is 28.5. The first-order valence-electron chi connectivity index (χ1n) is 7.36. The average molecular weight is 346 g/mol. The van der Waals surface area contributed by atoms with Crippen molar-refractivity contribution in [1.29, 1.82) is 0 Å². The molecule has 0 spiro atoms. The Morgan fingerprint density at radius 3 is 1.86 bits per heavy atom. The Labute approximate surface area is 138 Å². The fraction of sp³-hybridized carbons (Fsp3) is 0.625. The number of sulfonamides is 1. The van der Waals surface area contributed by atoms with E-state index in [2.05, 4.69) is 4.72 Å². The summed E-state index contributed by atoms with van der Waals surface area (Å²) in [5, 5.41) is 9.12. The monoisotopic (exact) mass is 345 g/mol. The number of aliphatic hydroxyl groups excluding tert-OH is 1. The van der Waals surface area contributed by atoms with Gasteiger partial charge >= 0.3 is 0 Å². The summed E-state index contributed by atoms with van der Waals surface area (Å²) in [4.78, 5) is 0.386. The van der Waals surface area contributed by atoms with Crippen LogP contribution in [0.5, 0.6) is 0 Å². The van der Waals surface area contributed by atoms with Crippen LogP contribution in [0.15, 0.2) is 4.90 Å². The number of rotatable bonds is 7. The molecule has 1 atom stereocenters. The van der Waals surface area contributed by atoms with Gasteiger partial charge in [-0.1, -0.05) is 0 Å². The predicted octanol–water partition coefficient (Wildman–Crippen LogP) is 2.62. The van der Waals surface area contributed by atoms with Crippen LogP contribution in [0.3, 0.4) is 0 Å². The summed E-state index contributed by atoms with van der Waals surface area (Å²) in [6.45, 7) is 9.64. The first-order valence-corrected chi connectivity index (χ1v) is 10.2. The molecule has 0 aliphatic rings. The molecular weight excluding hydrogens is 318 g/mol. The third-order valence-corrected chi connectivity index (χ3v) is 6.90. The molecule has 1 aromatic carbocycles. The molecule has 6 heteroatoms. The standard InChI is InChI=1S/C16H27NO3S2/c1-10-11(2)13(4)16(14(5)12(10)3)22(19,20)17-15(7-8-18)9-21-6/h15,17-18H,7-9H2,1-6H3/t15-/m1/s1. The Bertz CT molecular complexity index is 604. The zero-order valence-electron chi connectivity index (χ0n) is 14.3. The molecular formula is C16H27NO3S2. The predicted molar refractivity (Wildman–Crippen MR) is 94.3 cm³/mol. The maximum absolute atomic E-state index is 12.8. The molecule has 4 nitrogen and oxygen atoms in total. The van der Waals surface area contributed by atoms with Crippen LogP contribution in [0.1, 0.15) is 34.2 Å². The van der Waals surface area contributed by atoms with Crippen molar-refractivity contribution in [3.8, 4) is 0 Å². The number of benzene rings is 1. The van der Waals surface area contributed by atoms with Crippen LogP contribution in [0.4, 0.5) is 0 Å². The van der Waals surface area contributed by atoms with Gasteiger partial charge in [0.15, 0.2) is 0 Å². The lowest BCUT2D eigenvalue weighted by atomic mass is 9.95. The first-order chi connectivity index (χ1) is 10.2. The molecule has 0 unspecified atom stereocenters. The van der Waals surface area contributed by atoms with E-state index in [0.717, 1.165) is 27.8 Å². The van der Waals surface area contributed by atoms with Crippen LogP contribution in [-0.4, -0.2) is 38.2 Å². The third kappa shape index (κ3) is 4.04. The third-order valence-electron chi connectivity index (χ3n) is 4.37. The first kappa shape index (κ1) is 19.5. The van der Waals surface area contributed by atoms with Crippen LogP contribution in [0.25, 0.3) is 0 Å². The van der Waals surface area contributed by atoms with Gasteiger partial charge in [0.05, 0.1) is 4.90 Å². The molecule has 0 radical (unpaired) electrons. The van der Waals surface area contributed by atoms with Gasteiger partial charge in [-0.2, -0.15) is 11.8 Å². The van der Waals surface area contributed by atoms with E-state index < -0.39 is 10.0 Å². The van der Waals surface area contributed by atoms with Gasteiger partial charge in [0.25, 0.3) is 0 Å². The number of thioether (sulfide) groups is 1. The number of hydrogen-bond acceptors (Lipinski definition) is 4. The molecule has 0 saturated carbocycles. The fourth-order valence-electron chi connectivity index (χ4n) is 2.68. The normalized spacial score (nSPS) is 13.4. The van der Waals surface area contributed by atoms with Crippen LogP contribution in [-0.2, 0) is 10.0 Å². The van der Waals surface area contributed by atoms with E-state index in [-0.39, 0.29) is 12.6 Å². The van der Waals surface area contributed by atoms with Crippen molar-refractivity contribution in [3.05, 3.63) is 27.8 Å². The van der Waals surface area contributed by atoms with Gasteiger partial charge < -0.3 is 5.11 Å². The van der Waals surface area contributed by atoms with Gasteiger partial charge in [-0.25, -0.2) is 13.1 Å². The van der Waals surface area contributed by atoms with E-state index >= 15 is 0 Å². The van der Waals surface area contributed by atoms with E-state index in [1.165, 1.54) is 0 Å². The molecule has 0 saturated heterocycles. The van der Waals surface area contributed by atoms with Crippen molar-refractivity contribution in [1.82, 2.24) is 4.72 Å². The second-order valence-corrected chi connectivity index (χ2v) is 8.30. The minimum absolute atomic E-state index is 0.0301. The summed E-state index contributed by atoms with van der Waals surface area (Å²) in [6, 6.07) is -0.259. The lowest BCUT2D eigenvalue weighted by Gasteiger charge is -2.22. The maximum atomic E-state index is 12.8. The highest BCUT2D eigenvalue weighted by Gasteiger charge is 2.26. The highest BCUT2D eigenvalue weighted by Crippen LogP contribution is 2.29. The summed E-state index contributed by atoms with van der Waals surface area (Å²) in [6.07, 6.45) is 2.34. The van der Waals surface area contributed by atoms with E-state index in [1.54, 1.807) is 11.8 Å². The minimum Gasteiger partial charge on any atom is -0.396 e. The molecule has 2 N–H and O–H groups in total. The molecule has 0 bridgehead atoms. The van der Waals surface area contributed by atoms with Gasteiger partial charge in [-0.05, 0) is 75.1 Å². The number of hydrogen-bond donors (Lipinski definition) is 2. The van der Waals surface area contributed by atoms with Crippen LogP contribution in [0.2, 0.25) is 0 Å². The van der Waals surface area contributed by atoms with Gasteiger partial charge in [0, 0.05) is 18.4 Å². The number of nitrogens with one attached hydrogen (secondary N) is 1. The summed E-state index contributed by atoms with van der Waals surface area (Å²) >= 11 is 1.56. The Morgan fingerprint density at radius 1 is 1.00 bits per heavy atom. The highest BCUT2D eigenvalue weighted by molar-refractivity contribution is 7.98. The largest absolute Gasteiger partial charge is 0.396 e. The zero-order valence-corrected chi connectivity index (χ0v) is 15.9. The smallest absolute Gasteiger partial charge is 0.241 e. The molecule has 0 aliphatic carbocycles. The molecule has 0 aliphatic heterocycles. The van der Waals surface area contributed by atoms with Gasteiger partial charge in [-0.3, -0.25) is 0 Å². The summed E-state index contributed by atoms with van der Waals surface area (Å²) in [5.41, 5.74) is 4.80. The second kappa shape index (κ2) is 7.81. The summed E-state index contributed by atoms with van der Waals surface area (Å²) in [7, 11) is -3.60. The Balaban J connectivity index is 3.34. The molecule has 126 valence electrons. The van der Waals surface area contributed by atoms with Gasteiger partial charge in [0.1, 0.15) is 0 Å². The van der Waals surface area contributed by atoms with E-state index in [9.17, 15) is 8.42 Å². The minimum atomic E-state index is -3.60. The highest BCUT2D eigenvalue weighted by atomic mass is 32.2. The van der Waals surface area contributed by atoms with Crippen molar-refractivity contribution in [2.45, 2.75) is 52.0 Å². The topological polar surface area (TPSA) is 66.4 Å². The van der Waals surface area contributed by atoms with Crippen molar-refractivity contribution in [3.63, 3.8) is 0 Å². The Hall–Kier alpha value is -0.560. The second-order valence-electron chi connectivity index (χ2n) is 5.74. The van der Waals surface area contributed by atoms with E-state index in [4.69, 9.17) is 5.11 Å². The van der Waals surface area contributed by atoms with Crippen molar-refractivity contribution in [2.24, 2.45) is 0 Å². The Kier molecular flexibility index (Phi) is 6.92. The maximum Gasteiger partial charge on any atom is 0.241 e. The molecule has 0 aromatic heterocycles. The molecule has 0 fully saturated rings. The quantitative estimate of drug-likeness (QED) is 0.797. The van der Waals surface area contributed by atoms with Gasteiger partial charge in [-0.15, -0.1) is 0 Å². The summed E-state index contributed by atoms with van der Waals surface area (Å²) in [5.74, 6) is 0.641. The van der Waals surface area contributed by atoms with Gasteiger partial charge in [0.2, 0.25) is 10.0 Å². The lowest BCUT2D eigenvalue weighted by Crippen LogP contribution is -2.38. The van der Waals surface area contributed by atoms with Crippen molar-refractivity contribution >= 4 is 21.8 Å². The van der Waals surface area contributed by atoms with Crippen LogP contribution < -0.4 is 4.72 Å². The van der Waals surface area contributed by atoms with Crippen molar-refractivity contribution < 1.29 is 13.5 Å². The van der Waals surface area contributed by atoms with Crippen LogP contribution >= 0.6 is 11.8 Å². The molecule has 1 rings (SSSR count). The lowest BCUT2D eigenvalue weighted by molar-refractivity contribution is 0.276. The van der Waals surface area contributed by atoms with E-state index in [0.29, 0.717) is 17.1 Å². The SMILES string of the molecule is CSC[C@@H](CCO)NS(=O)(=O)c1c(C)c(C)c(C)c(C)c1C. The average Bonchev–Trinajstić information content (AvgIpc) is 2.43. The molecule has 0 amide bonds. The van der Waals surface area contributed by atoms with Crippen molar-refractivity contribution in [2.75, 3.05) is 18.6 Å². The number of aliphatic hydroxyl groups is 1. The Morgan fingerprint density at radius 2 is 1.45 bits per heavy atom. The molecule has 22 heavy (non-hydrogen) atoms.